The highest BCUT2D eigenvalue weighted by Gasteiger charge is 2.02. The van der Waals surface area contributed by atoms with Crippen LogP contribution >= 0.6 is 0 Å². The minimum atomic E-state index is -0.400. The molecule has 2 N–H and O–H groups in total. The van der Waals surface area contributed by atoms with Crippen LogP contribution < -0.4 is 10.6 Å². The van der Waals surface area contributed by atoms with E-state index in [4.69, 9.17) is 4.74 Å². The van der Waals surface area contributed by atoms with Crippen LogP contribution in [-0.2, 0) is 31.0 Å². The number of ether oxygens (including phenoxy) is 1. The average molecular weight is 439 g/mol. The fourth-order valence-electron chi connectivity index (χ4n) is 3.09. The van der Waals surface area contributed by atoms with Crippen molar-refractivity contribution in [3.8, 4) is 0 Å². The van der Waals surface area contributed by atoms with Crippen molar-refractivity contribution in [1.82, 2.24) is 10.6 Å². The molecule has 0 atom stereocenters. The third-order valence-electron chi connectivity index (χ3n) is 4.84. The van der Waals surface area contributed by atoms with Gasteiger partial charge in [0.15, 0.2) is 0 Å². The van der Waals surface area contributed by atoms with Gasteiger partial charge in [-0.25, -0.2) is 4.79 Å². The smallest absolute Gasteiger partial charge is 0.407 e. The molecule has 0 heterocycles. The average Bonchev–Trinajstić information content (AvgIpc) is 2.89. The Hall–Kier alpha value is -3.89. The second kappa shape index (κ2) is 14.2. The van der Waals surface area contributed by atoms with E-state index in [1.807, 2.05) is 72.8 Å². The maximum atomic E-state index is 11.5. The van der Waals surface area contributed by atoms with Crippen LogP contribution in [0, 0.1) is 0 Å². The largest absolute Gasteiger partial charge is 0.445 e. The molecule has 4 heteroatoms. The number of carbonyl (C=O) groups excluding carboxylic acids is 1. The number of alkyl carbamates (subject to hydrolysis) is 1. The molecule has 0 fully saturated rings. The maximum absolute atomic E-state index is 11.5. The Morgan fingerprint density at radius 2 is 0.879 bits per heavy atom. The topological polar surface area (TPSA) is 50.4 Å². The molecule has 0 aliphatic heterocycles. The van der Waals surface area contributed by atoms with Gasteiger partial charge in [0.1, 0.15) is 6.61 Å². The van der Waals surface area contributed by atoms with E-state index in [0.29, 0.717) is 13.2 Å². The zero-order valence-electron chi connectivity index (χ0n) is 18.7. The molecule has 4 aromatic carbocycles. The standard InChI is InChI=1S/C15H15NO2.C14H15N/c17-15(16-11-13-7-3-1-4-8-13)18-12-14-9-5-2-6-10-14;1-3-7-13(8-4-1)11-15-12-14-9-5-2-6-10-14/h1-10H,11-12H2,(H,16,17);1-10,15H,11-12H2. The van der Waals surface area contributed by atoms with Crippen LogP contribution in [0.15, 0.2) is 121 Å². The Kier molecular flexibility index (Phi) is 10.2. The lowest BCUT2D eigenvalue weighted by molar-refractivity contribution is 0.139. The summed E-state index contributed by atoms with van der Waals surface area (Å²) < 4.78 is 5.10. The van der Waals surface area contributed by atoms with Crippen LogP contribution in [-0.4, -0.2) is 6.09 Å². The van der Waals surface area contributed by atoms with Gasteiger partial charge in [-0.1, -0.05) is 121 Å². The molecule has 4 aromatic rings. The van der Waals surface area contributed by atoms with Gasteiger partial charge < -0.3 is 15.4 Å². The summed E-state index contributed by atoms with van der Waals surface area (Å²) in [6, 6.07) is 40.2. The van der Waals surface area contributed by atoms with Crippen molar-refractivity contribution < 1.29 is 9.53 Å². The Labute approximate surface area is 196 Å². The molecule has 1 amide bonds. The van der Waals surface area contributed by atoms with E-state index in [1.54, 1.807) is 0 Å². The number of carbonyl (C=O) groups is 1. The summed E-state index contributed by atoms with van der Waals surface area (Å²) in [5.41, 5.74) is 4.68. The lowest BCUT2D eigenvalue weighted by Crippen LogP contribution is -2.23. The Balaban J connectivity index is 0.000000189. The van der Waals surface area contributed by atoms with E-state index in [9.17, 15) is 4.79 Å². The number of nitrogens with one attached hydrogen (secondary N) is 2. The summed E-state index contributed by atoms with van der Waals surface area (Å²) in [6.45, 7) is 2.63. The van der Waals surface area contributed by atoms with Gasteiger partial charge >= 0.3 is 6.09 Å². The molecule has 0 unspecified atom stereocenters. The quantitative estimate of drug-likeness (QED) is 0.350. The third-order valence-corrected chi connectivity index (χ3v) is 4.84. The van der Waals surface area contributed by atoms with Gasteiger partial charge in [-0.2, -0.15) is 0 Å². The first-order valence-corrected chi connectivity index (χ1v) is 11.1. The molecule has 0 saturated heterocycles. The number of hydrogen-bond donors (Lipinski definition) is 2. The molecule has 0 spiro atoms. The van der Waals surface area contributed by atoms with Crippen LogP contribution in [0.25, 0.3) is 0 Å². The fraction of sp³-hybridized carbons (Fsp3) is 0.138. The summed E-state index contributed by atoms with van der Waals surface area (Å²) in [5.74, 6) is 0. The lowest BCUT2D eigenvalue weighted by atomic mass is 10.2. The second-order valence-electron chi connectivity index (χ2n) is 7.48. The Bertz CT molecular complexity index is 955. The van der Waals surface area contributed by atoms with Gasteiger partial charge in [0.2, 0.25) is 0 Å². The predicted molar refractivity (Wildman–Crippen MR) is 133 cm³/mol. The summed E-state index contributed by atoms with van der Waals surface area (Å²) in [7, 11) is 0. The monoisotopic (exact) mass is 438 g/mol. The van der Waals surface area contributed by atoms with Gasteiger partial charge in [0.25, 0.3) is 0 Å². The fourth-order valence-corrected chi connectivity index (χ4v) is 3.09. The van der Waals surface area contributed by atoms with E-state index >= 15 is 0 Å². The molecule has 4 nitrogen and oxygen atoms in total. The minimum Gasteiger partial charge on any atom is -0.445 e. The zero-order chi connectivity index (χ0) is 23.0. The molecule has 0 radical (unpaired) electrons. The summed E-state index contributed by atoms with van der Waals surface area (Å²) in [5, 5.41) is 6.13. The molecule has 0 bridgehead atoms. The van der Waals surface area contributed by atoms with Crippen LogP contribution in [0.2, 0.25) is 0 Å². The van der Waals surface area contributed by atoms with Crippen molar-refractivity contribution in [2.24, 2.45) is 0 Å². The first-order valence-electron chi connectivity index (χ1n) is 11.1. The van der Waals surface area contributed by atoms with Gasteiger partial charge in [0, 0.05) is 19.6 Å². The van der Waals surface area contributed by atoms with Crippen molar-refractivity contribution in [3.63, 3.8) is 0 Å². The molecule has 168 valence electrons. The Morgan fingerprint density at radius 3 is 1.30 bits per heavy atom. The van der Waals surface area contributed by atoms with Crippen LogP contribution in [0.1, 0.15) is 22.3 Å². The predicted octanol–water partition coefficient (Wildman–Crippen LogP) is 6.09. The highest BCUT2D eigenvalue weighted by atomic mass is 16.5. The molecular weight excluding hydrogens is 408 g/mol. The summed E-state index contributed by atoms with van der Waals surface area (Å²) >= 11 is 0. The molecule has 0 aromatic heterocycles. The van der Waals surface area contributed by atoms with Crippen LogP contribution in [0.4, 0.5) is 4.79 Å². The number of amides is 1. The zero-order valence-corrected chi connectivity index (χ0v) is 18.7. The number of hydrogen-bond acceptors (Lipinski definition) is 3. The lowest BCUT2D eigenvalue weighted by Gasteiger charge is -2.07. The van der Waals surface area contributed by atoms with E-state index in [1.165, 1.54) is 11.1 Å². The van der Waals surface area contributed by atoms with Crippen molar-refractivity contribution in [3.05, 3.63) is 144 Å². The van der Waals surface area contributed by atoms with Crippen LogP contribution in [0.5, 0.6) is 0 Å². The molecule has 0 aliphatic rings. The summed E-state index contributed by atoms with van der Waals surface area (Å²) in [4.78, 5) is 11.5. The van der Waals surface area contributed by atoms with E-state index < -0.39 is 6.09 Å². The van der Waals surface area contributed by atoms with Crippen molar-refractivity contribution in [2.75, 3.05) is 0 Å². The highest BCUT2D eigenvalue weighted by molar-refractivity contribution is 5.67. The Morgan fingerprint density at radius 1 is 0.515 bits per heavy atom. The maximum Gasteiger partial charge on any atom is 0.407 e. The first kappa shape index (κ1) is 23.8. The summed E-state index contributed by atoms with van der Waals surface area (Å²) in [6.07, 6.45) is -0.400. The SMILES string of the molecule is O=C(NCc1ccccc1)OCc1ccccc1.c1ccc(CNCc2ccccc2)cc1. The molecule has 0 aliphatic carbocycles. The third kappa shape index (κ3) is 9.85. The molecule has 33 heavy (non-hydrogen) atoms. The van der Waals surface area contributed by atoms with Crippen molar-refractivity contribution in [1.29, 1.82) is 0 Å². The highest BCUT2D eigenvalue weighted by Crippen LogP contribution is 2.02. The van der Waals surface area contributed by atoms with Gasteiger partial charge in [-0.15, -0.1) is 0 Å². The van der Waals surface area contributed by atoms with Crippen LogP contribution in [0.3, 0.4) is 0 Å². The molecule has 0 saturated carbocycles. The van der Waals surface area contributed by atoms with Gasteiger partial charge in [-0.3, -0.25) is 0 Å². The second-order valence-corrected chi connectivity index (χ2v) is 7.48. The number of benzene rings is 4. The first-order chi connectivity index (χ1) is 16.3. The van der Waals surface area contributed by atoms with Crippen molar-refractivity contribution >= 4 is 6.09 Å². The van der Waals surface area contributed by atoms with E-state index in [-0.39, 0.29) is 0 Å². The normalized spacial score (nSPS) is 9.94. The molecular formula is C29H30N2O2. The minimum absolute atomic E-state index is 0.293. The van der Waals surface area contributed by atoms with Gasteiger partial charge in [-0.05, 0) is 22.3 Å². The van der Waals surface area contributed by atoms with Gasteiger partial charge in [0.05, 0.1) is 0 Å². The number of rotatable bonds is 8. The van der Waals surface area contributed by atoms with Crippen molar-refractivity contribution in [2.45, 2.75) is 26.2 Å². The van der Waals surface area contributed by atoms with E-state index in [0.717, 1.165) is 24.2 Å². The van der Waals surface area contributed by atoms with E-state index in [2.05, 4.69) is 59.2 Å². The molecule has 4 rings (SSSR count).